The van der Waals surface area contributed by atoms with Crippen molar-refractivity contribution >= 4 is 23.5 Å². The lowest BCUT2D eigenvalue weighted by molar-refractivity contribution is -0.123. The summed E-state index contributed by atoms with van der Waals surface area (Å²) in [5.41, 5.74) is 0.681. The van der Waals surface area contributed by atoms with E-state index in [1.807, 2.05) is 6.92 Å². The lowest BCUT2D eigenvalue weighted by Gasteiger charge is -2.19. The fourth-order valence-electron chi connectivity index (χ4n) is 4.87. The van der Waals surface area contributed by atoms with Crippen LogP contribution in [0, 0.1) is 23.7 Å². The van der Waals surface area contributed by atoms with E-state index in [2.05, 4.69) is 0 Å². The number of carbonyl (C=O) groups excluding carboxylic acids is 3. The molecule has 1 aromatic carbocycles. The van der Waals surface area contributed by atoms with Gasteiger partial charge in [0, 0.05) is 0 Å². The predicted molar refractivity (Wildman–Crippen MR) is 91.9 cm³/mol. The zero-order valence-corrected chi connectivity index (χ0v) is 14.4. The van der Waals surface area contributed by atoms with Crippen LogP contribution in [0.4, 0.5) is 5.69 Å². The van der Waals surface area contributed by atoms with E-state index in [0.717, 1.165) is 32.1 Å². The van der Waals surface area contributed by atoms with Gasteiger partial charge in [0.15, 0.2) is 0 Å². The van der Waals surface area contributed by atoms with Crippen molar-refractivity contribution in [1.82, 2.24) is 0 Å². The van der Waals surface area contributed by atoms with Crippen molar-refractivity contribution in [1.29, 1.82) is 0 Å². The van der Waals surface area contributed by atoms with Gasteiger partial charge in [-0.1, -0.05) is 25.5 Å². The summed E-state index contributed by atoms with van der Waals surface area (Å²) in [5, 5.41) is 0. The number of esters is 1. The molecule has 5 nitrogen and oxygen atoms in total. The highest BCUT2D eigenvalue weighted by Crippen LogP contribution is 2.56. The number of benzene rings is 1. The van der Waals surface area contributed by atoms with E-state index in [-0.39, 0.29) is 23.7 Å². The molecule has 2 aliphatic carbocycles. The molecule has 5 heteroatoms. The van der Waals surface area contributed by atoms with Gasteiger partial charge in [-0.05, 0) is 49.7 Å². The number of para-hydroxylation sites is 1. The van der Waals surface area contributed by atoms with E-state index in [4.69, 9.17) is 4.74 Å². The molecule has 3 aliphatic rings. The molecule has 2 amide bonds. The van der Waals surface area contributed by atoms with Gasteiger partial charge in [-0.25, -0.2) is 9.69 Å². The Labute approximate surface area is 147 Å². The number of hydrogen-bond acceptors (Lipinski definition) is 4. The minimum absolute atomic E-state index is 0.129. The van der Waals surface area contributed by atoms with E-state index in [1.165, 1.54) is 4.90 Å². The topological polar surface area (TPSA) is 63.7 Å². The van der Waals surface area contributed by atoms with Crippen LogP contribution in [0.15, 0.2) is 24.3 Å². The van der Waals surface area contributed by atoms with E-state index < -0.39 is 5.97 Å². The number of rotatable bonds is 5. The van der Waals surface area contributed by atoms with Gasteiger partial charge in [-0.15, -0.1) is 0 Å². The average Bonchev–Trinajstić information content (AvgIpc) is 3.29. The van der Waals surface area contributed by atoms with Gasteiger partial charge in [0.25, 0.3) is 0 Å². The number of unbranched alkanes of at least 4 members (excludes halogenated alkanes) is 1. The van der Waals surface area contributed by atoms with Crippen LogP contribution in [-0.2, 0) is 14.3 Å². The third-order valence-electron chi connectivity index (χ3n) is 6.02. The molecule has 1 aliphatic heterocycles. The van der Waals surface area contributed by atoms with Crippen molar-refractivity contribution in [3.05, 3.63) is 29.8 Å². The summed E-state index contributed by atoms with van der Waals surface area (Å²) in [7, 11) is 0. The monoisotopic (exact) mass is 341 g/mol. The number of amides is 2. The summed E-state index contributed by atoms with van der Waals surface area (Å²) in [6.07, 6.45) is 4.81. The molecule has 1 heterocycles. The van der Waals surface area contributed by atoms with Crippen molar-refractivity contribution in [2.24, 2.45) is 23.7 Å². The quantitative estimate of drug-likeness (QED) is 0.469. The number of carbonyl (C=O) groups is 3. The number of hydrogen-bond donors (Lipinski definition) is 0. The molecule has 1 saturated heterocycles. The van der Waals surface area contributed by atoms with E-state index in [0.29, 0.717) is 29.7 Å². The van der Waals surface area contributed by atoms with Crippen LogP contribution in [0.2, 0.25) is 0 Å². The molecule has 4 rings (SSSR count). The Morgan fingerprint density at radius 1 is 1.12 bits per heavy atom. The van der Waals surface area contributed by atoms with Gasteiger partial charge in [-0.3, -0.25) is 9.59 Å². The van der Waals surface area contributed by atoms with Crippen LogP contribution in [0.25, 0.3) is 0 Å². The van der Waals surface area contributed by atoms with Crippen LogP contribution in [-0.4, -0.2) is 24.4 Å². The van der Waals surface area contributed by atoms with Crippen molar-refractivity contribution < 1.29 is 19.1 Å². The van der Waals surface area contributed by atoms with E-state index >= 15 is 0 Å². The maximum atomic E-state index is 13.0. The van der Waals surface area contributed by atoms with Gasteiger partial charge in [-0.2, -0.15) is 0 Å². The third kappa shape index (κ3) is 2.48. The summed E-state index contributed by atoms with van der Waals surface area (Å²) >= 11 is 0. The minimum atomic E-state index is -0.468. The first-order chi connectivity index (χ1) is 12.1. The van der Waals surface area contributed by atoms with Crippen molar-refractivity contribution in [2.45, 2.75) is 39.0 Å². The molecule has 0 radical (unpaired) electrons. The fraction of sp³-hybridized carbons (Fsp3) is 0.550. The van der Waals surface area contributed by atoms with Gasteiger partial charge >= 0.3 is 5.97 Å². The highest BCUT2D eigenvalue weighted by molar-refractivity contribution is 6.24. The molecule has 0 unspecified atom stereocenters. The molecule has 3 fully saturated rings. The molecule has 132 valence electrons. The molecule has 0 spiro atoms. The third-order valence-corrected chi connectivity index (χ3v) is 6.02. The van der Waals surface area contributed by atoms with Gasteiger partial charge < -0.3 is 4.74 Å². The molecule has 4 atom stereocenters. The number of fused-ring (bicyclic) bond motifs is 5. The highest BCUT2D eigenvalue weighted by atomic mass is 16.5. The van der Waals surface area contributed by atoms with E-state index in [9.17, 15) is 14.4 Å². The summed E-state index contributed by atoms with van der Waals surface area (Å²) in [6, 6.07) is 6.79. The summed E-state index contributed by atoms with van der Waals surface area (Å²) in [5.74, 6) is -0.428. The first kappa shape index (κ1) is 16.3. The zero-order valence-electron chi connectivity index (χ0n) is 14.4. The van der Waals surface area contributed by atoms with Crippen LogP contribution in [0.3, 0.4) is 0 Å². The van der Waals surface area contributed by atoms with Crippen LogP contribution < -0.4 is 4.90 Å². The maximum Gasteiger partial charge on any atom is 0.340 e. The molecular formula is C20H23NO4. The Balaban J connectivity index is 1.63. The second-order valence-corrected chi connectivity index (χ2v) is 7.40. The second kappa shape index (κ2) is 6.28. The minimum Gasteiger partial charge on any atom is -0.462 e. The highest BCUT2D eigenvalue weighted by Gasteiger charge is 2.61. The Hall–Kier alpha value is -2.17. The summed E-state index contributed by atoms with van der Waals surface area (Å²) in [4.78, 5) is 39.6. The van der Waals surface area contributed by atoms with Crippen molar-refractivity contribution in [3.63, 3.8) is 0 Å². The van der Waals surface area contributed by atoms with Crippen molar-refractivity contribution in [3.8, 4) is 0 Å². The molecule has 0 aromatic heterocycles. The number of nitrogens with zero attached hydrogens (tertiary/aromatic N) is 1. The second-order valence-electron chi connectivity index (χ2n) is 7.40. The zero-order chi connectivity index (χ0) is 17.6. The molecule has 25 heavy (non-hydrogen) atoms. The molecular weight excluding hydrogens is 318 g/mol. The Morgan fingerprint density at radius 3 is 2.40 bits per heavy atom. The SMILES string of the molecule is CCCCOC(=O)c1ccccc1N1C(=O)[C@@H]2[C@H]3CC[C@@H](C3)[C@@H]2C1=O. The van der Waals surface area contributed by atoms with Gasteiger partial charge in [0.1, 0.15) is 0 Å². The Kier molecular flexibility index (Phi) is 4.10. The normalized spacial score (nSPS) is 30.0. The molecule has 1 aromatic rings. The summed E-state index contributed by atoms with van der Waals surface area (Å²) < 4.78 is 5.30. The maximum absolute atomic E-state index is 13.0. The fourth-order valence-corrected chi connectivity index (χ4v) is 4.87. The first-order valence-corrected chi connectivity index (χ1v) is 9.27. The smallest absolute Gasteiger partial charge is 0.340 e. The van der Waals surface area contributed by atoms with Crippen LogP contribution >= 0.6 is 0 Å². The van der Waals surface area contributed by atoms with Gasteiger partial charge in [0.2, 0.25) is 11.8 Å². The lowest BCUT2D eigenvalue weighted by Crippen LogP contribution is -2.34. The molecule has 2 bridgehead atoms. The van der Waals surface area contributed by atoms with Crippen LogP contribution in [0.5, 0.6) is 0 Å². The number of anilines is 1. The number of imide groups is 1. The average molecular weight is 341 g/mol. The van der Waals surface area contributed by atoms with Crippen molar-refractivity contribution in [2.75, 3.05) is 11.5 Å². The van der Waals surface area contributed by atoms with Gasteiger partial charge in [0.05, 0.1) is 29.7 Å². The first-order valence-electron chi connectivity index (χ1n) is 9.27. The standard InChI is InChI=1S/C20H23NO4/c1-2-3-10-25-20(24)14-6-4-5-7-15(14)21-18(22)16-12-8-9-13(11-12)17(16)19(21)23/h4-7,12-13,16-17H,2-3,8-11H2,1H3/t12-,13-,16-,17+/m0/s1. The molecule has 2 saturated carbocycles. The largest absolute Gasteiger partial charge is 0.462 e. The number of ether oxygens (including phenoxy) is 1. The molecule has 0 N–H and O–H groups in total. The van der Waals surface area contributed by atoms with Crippen LogP contribution in [0.1, 0.15) is 49.4 Å². The van der Waals surface area contributed by atoms with E-state index in [1.54, 1.807) is 24.3 Å². The summed E-state index contributed by atoms with van der Waals surface area (Å²) in [6.45, 7) is 2.37. The Bertz CT molecular complexity index is 700. The predicted octanol–water partition coefficient (Wildman–Crippen LogP) is 3.18. The Morgan fingerprint density at radius 2 is 1.76 bits per heavy atom. The lowest BCUT2D eigenvalue weighted by atomic mass is 9.81.